The third-order valence-electron chi connectivity index (χ3n) is 3.14. The maximum absolute atomic E-state index is 11.1. The molecule has 2 rings (SSSR count). The van der Waals surface area contributed by atoms with Crippen LogP contribution in [0.25, 0.3) is 10.9 Å². The van der Waals surface area contributed by atoms with Gasteiger partial charge in [0.2, 0.25) is 0 Å². The van der Waals surface area contributed by atoms with E-state index in [1.165, 1.54) is 7.11 Å². The summed E-state index contributed by atoms with van der Waals surface area (Å²) in [5.74, 6) is 0.555. The van der Waals surface area contributed by atoms with Crippen molar-refractivity contribution in [3.8, 4) is 0 Å². The van der Waals surface area contributed by atoms with Crippen molar-refractivity contribution in [3.63, 3.8) is 0 Å². The number of nitrogens with zero attached hydrogens (tertiary/aromatic N) is 2. The molecule has 20 heavy (non-hydrogen) atoms. The van der Waals surface area contributed by atoms with Crippen LogP contribution in [0.1, 0.15) is 13.8 Å². The zero-order valence-corrected chi connectivity index (χ0v) is 11.9. The van der Waals surface area contributed by atoms with Crippen LogP contribution in [0.3, 0.4) is 0 Å². The maximum atomic E-state index is 11.1. The van der Waals surface area contributed by atoms with E-state index in [1.54, 1.807) is 0 Å². The van der Waals surface area contributed by atoms with Crippen molar-refractivity contribution in [1.29, 1.82) is 0 Å². The minimum absolute atomic E-state index is 0.555. The van der Waals surface area contributed by atoms with E-state index in [0.29, 0.717) is 5.82 Å². The number of fused-ring (bicyclic) bond motifs is 1. The Balaban J connectivity index is 2.27. The Labute approximate surface area is 117 Å². The van der Waals surface area contributed by atoms with Crippen molar-refractivity contribution in [2.24, 2.45) is 0 Å². The Morgan fingerprint density at radius 1 is 1.40 bits per heavy atom. The average molecular weight is 277 g/mol. The molecular formula is C13H19N5O2. The van der Waals surface area contributed by atoms with Gasteiger partial charge in [-0.25, -0.2) is 10.2 Å². The predicted molar refractivity (Wildman–Crippen MR) is 78.8 cm³/mol. The third-order valence-corrected chi connectivity index (χ3v) is 3.14. The topological polar surface area (TPSA) is 82.3 Å². The molecule has 2 aromatic rings. The summed E-state index contributed by atoms with van der Waals surface area (Å²) in [5.41, 5.74) is 7.15. The molecule has 7 heteroatoms. The van der Waals surface area contributed by atoms with Crippen LogP contribution in [0.5, 0.6) is 0 Å². The zero-order chi connectivity index (χ0) is 14.5. The molecule has 0 aliphatic rings. The first-order chi connectivity index (χ1) is 9.69. The van der Waals surface area contributed by atoms with Gasteiger partial charge in [0.15, 0.2) is 5.82 Å². The number of aromatic amines is 1. The molecule has 0 unspecified atom stereocenters. The number of anilines is 2. The van der Waals surface area contributed by atoms with E-state index >= 15 is 0 Å². The number of hydrogen-bond acceptors (Lipinski definition) is 5. The fourth-order valence-electron chi connectivity index (χ4n) is 2.04. The Hall–Kier alpha value is -2.44. The number of hydrazine groups is 1. The SMILES string of the molecule is CCN(CC)c1ccc2[nH]nc(NNC(=O)OC)c2c1. The van der Waals surface area contributed by atoms with Gasteiger partial charge in [0.25, 0.3) is 0 Å². The summed E-state index contributed by atoms with van der Waals surface area (Å²) in [6.45, 7) is 6.09. The van der Waals surface area contributed by atoms with Crippen molar-refractivity contribution < 1.29 is 9.53 Å². The fraction of sp³-hybridized carbons (Fsp3) is 0.385. The minimum atomic E-state index is -0.568. The van der Waals surface area contributed by atoms with E-state index in [-0.39, 0.29) is 0 Å². The molecule has 0 atom stereocenters. The molecule has 1 aromatic carbocycles. The van der Waals surface area contributed by atoms with Crippen molar-refractivity contribution in [2.75, 3.05) is 30.5 Å². The molecule has 0 radical (unpaired) electrons. The number of amides is 1. The highest BCUT2D eigenvalue weighted by molar-refractivity contribution is 5.92. The molecule has 1 aromatic heterocycles. The first kappa shape index (κ1) is 14.0. The highest BCUT2D eigenvalue weighted by Crippen LogP contribution is 2.25. The molecule has 0 bridgehead atoms. The Kier molecular flexibility index (Phi) is 4.29. The van der Waals surface area contributed by atoms with Crippen LogP contribution < -0.4 is 15.8 Å². The van der Waals surface area contributed by atoms with Crippen LogP contribution in [0.4, 0.5) is 16.3 Å². The van der Waals surface area contributed by atoms with E-state index in [1.807, 2.05) is 18.2 Å². The number of rotatable bonds is 5. The maximum Gasteiger partial charge on any atom is 0.425 e. The summed E-state index contributed by atoms with van der Waals surface area (Å²) in [6.07, 6.45) is -0.568. The van der Waals surface area contributed by atoms with Crippen molar-refractivity contribution in [2.45, 2.75) is 13.8 Å². The second-order valence-corrected chi connectivity index (χ2v) is 4.22. The van der Waals surface area contributed by atoms with Gasteiger partial charge in [-0.1, -0.05) is 0 Å². The van der Waals surface area contributed by atoms with Crippen LogP contribution in [-0.2, 0) is 4.74 Å². The largest absolute Gasteiger partial charge is 0.452 e. The van der Waals surface area contributed by atoms with Gasteiger partial charge in [-0.2, -0.15) is 5.10 Å². The van der Waals surface area contributed by atoms with Gasteiger partial charge < -0.3 is 9.64 Å². The number of carbonyl (C=O) groups excluding carboxylic acids is 1. The normalized spacial score (nSPS) is 10.3. The molecule has 0 saturated heterocycles. The number of ether oxygens (including phenoxy) is 1. The molecular weight excluding hydrogens is 258 g/mol. The standard InChI is InChI=1S/C13H19N5O2/c1-4-18(5-2)9-6-7-11-10(8-9)12(15-14-11)16-17-13(19)20-3/h6-8H,4-5H2,1-3H3,(H,17,19)(H2,14,15,16). The highest BCUT2D eigenvalue weighted by atomic mass is 16.5. The molecule has 0 aliphatic heterocycles. The predicted octanol–water partition coefficient (Wildman–Crippen LogP) is 2.09. The van der Waals surface area contributed by atoms with E-state index in [0.717, 1.165) is 29.7 Å². The lowest BCUT2D eigenvalue weighted by Gasteiger charge is -2.20. The van der Waals surface area contributed by atoms with Gasteiger partial charge in [-0.05, 0) is 32.0 Å². The first-order valence-corrected chi connectivity index (χ1v) is 6.52. The van der Waals surface area contributed by atoms with Gasteiger partial charge in [0, 0.05) is 24.2 Å². The quantitative estimate of drug-likeness (QED) is 0.729. The molecule has 0 fully saturated rings. The van der Waals surface area contributed by atoms with Gasteiger partial charge in [-0.15, -0.1) is 0 Å². The fourth-order valence-corrected chi connectivity index (χ4v) is 2.04. The summed E-state index contributed by atoms with van der Waals surface area (Å²) in [5, 5.41) is 7.95. The van der Waals surface area contributed by atoms with E-state index in [4.69, 9.17) is 0 Å². The molecule has 3 N–H and O–H groups in total. The van der Waals surface area contributed by atoms with Crippen LogP contribution in [-0.4, -0.2) is 36.5 Å². The number of hydrogen-bond donors (Lipinski definition) is 3. The summed E-state index contributed by atoms with van der Waals surface area (Å²) >= 11 is 0. The van der Waals surface area contributed by atoms with Crippen LogP contribution in [0.15, 0.2) is 18.2 Å². The van der Waals surface area contributed by atoms with E-state index in [9.17, 15) is 4.79 Å². The van der Waals surface area contributed by atoms with Gasteiger partial charge in [0.05, 0.1) is 12.6 Å². The molecule has 1 heterocycles. The van der Waals surface area contributed by atoms with Crippen LogP contribution in [0.2, 0.25) is 0 Å². The summed E-state index contributed by atoms with van der Waals surface area (Å²) in [7, 11) is 1.30. The van der Waals surface area contributed by atoms with Crippen LogP contribution in [0, 0.1) is 0 Å². The number of benzene rings is 1. The monoisotopic (exact) mass is 277 g/mol. The highest BCUT2D eigenvalue weighted by Gasteiger charge is 2.09. The Morgan fingerprint density at radius 3 is 2.80 bits per heavy atom. The van der Waals surface area contributed by atoms with Gasteiger partial charge in [0.1, 0.15) is 0 Å². The van der Waals surface area contributed by atoms with Crippen molar-refractivity contribution >= 4 is 28.5 Å². The molecule has 0 aliphatic carbocycles. The molecule has 0 saturated carbocycles. The molecule has 0 spiro atoms. The van der Waals surface area contributed by atoms with Gasteiger partial charge in [-0.3, -0.25) is 10.5 Å². The molecule has 7 nitrogen and oxygen atoms in total. The number of methoxy groups -OCH3 is 1. The number of H-pyrrole nitrogens is 1. The van der Waals surface area contributed by atoms with Crippen LogP contribution >= 0.6 is 0 Å². The summed E-state index contributed by atoms with van der Waals surface area (Å²) in [4.78, 5) is 13.3. The third kappa shape index (κ3) is 2.76. The van der Waals surface area contributed by atoms with E-state index < -0.39 is 6.09 Å². The lowest BCUT2D eigenvalue weighted by molar-refractivity contribution is 0.173. The summed E-state index contributed by atoms with van der Waals surface area (Å²) in [6, 6.07) is 6.05. The van der Waals surface area contributed by atoms with Gasteiger partial charge >= 0.3 is 6.09 Å². The minimum Gasteiger partial charge on any atom is -0.452 e. The average Bonchev–Trinajstić information content (AvgIpc) is 2.88. The number of nitrogens with one attached hydrogen (secondary N) is 3. The first-order valence-electron chi connectivity index (χ1n) is 6.52. The second-order valence-electron chi connectivity index (χ2n) is 4.22. The lowest BCUT2D eigenvalue weighted by atomic mass is 10.2. The Bertz CT molecular complexity index is 591. The summed E-state index contributed by atoms with van der Waals surface area (Å²) < 4.78 is 4.50. The zero-order valence-electron chi connectivity index (χ0n) is 11.9. The molecule has 108 valence electrons. The number of aromatic nitrogens is 2. The lowest BCUT2D eigenvalue weighted by Crippen LogP contribution is -2.29. The molecule has 1 amide bonds. The second kappa shape index (κ2) is 6.14. The Morgan fingerprint density at radius 2 is 2.15 bits per heavy atom. The van der Waals surface area contributed by atoms with Crippen molar-refractivity contribution in [3.05, 3.63) is 18.2 Å². The van der Waals surface area contributed by atoms with E-state index in [2.05, 4.69) is 44.5 Å². The van der Waals surface area contributed by atoms with Crippen molar-refractivity contribution in [1.82, 2.24) is 15.6 Å². The smallest absolute Gasteiger partial charge is 0.425 e. The number of carbonyl (C=O) groups is 1.